The summed E-state index contributed by atoms with van der Waals surface area (Å²) >= 11 is 1.42. The lowest BCUT2D eigenvalue weighted by Crippen LogP contribution is -2.33. The van der Waals surface area contributed by atoms with Gasteiger partial charge in [-0.25, -0.2) is 19.9 Å². The van der Waals surface area contributed by atoms with Crippen molar-refractivity contribution in [3.8, 4) is 0 Å². The molecular weight excluding hydrogens is 348 g/mol. The number of aliphatic hydroxyl groups excluding tert-OH is 3. The highest BCUT2D eigenvalue weighted by Gasteiger charge is 2.45. The van der Waals surface area contributed by atoms with Gasteiger partial charge in [0.2, 0.25) is 0 Å². The van der Waals surface area contributed by atoms with E-state index in [1.807, 2.05) is 6.26 Å². The van der Waals surface area contributed by atoms with Crippen molar-refractivity contribution in [2.45, 2.75) is 29.6 Å². The Balaban J connectivity index is 2.05. The van der Waals surface area contributed by atoms with Crippen LogP contribution in [0.15, 0.2) is 17.7 Å². The number of nitrogen functional groups attached to an aromatic ring is 1. The van der Waals surface area contributed by atoms with Gasteiger partial charge in [0.15, 0.2) is 6.23 Å². The summed E-state index contributed by atoms with van der Waals surface area (Å²) < 4.78 is 7.22. The highest BCUT2D eigenvalue weighted by atomic mass is 32.2. The molecule has 4 heterocycles. The van der Waals surface area contributed by atoms with E-state index in [0.29, 0.717) is 27.1 Å². The summed E-state index contributed by atoms with van der Waals surface area (Å²) in [7, 11) is 0. The number of aromatic nitrogens is 5. The first-order chi connectivity index (χ1) is 12.1. The normalized spacial score (nSPS) is 26.7. The number of ether oxygens (including phenoxy) is 1. The lowest BCUT2D eigenvalue weighted by Gasteiger charge is -2.18. The van der Waals surface area contributed by atoms with E-state index in [1.165, 1.54) is 24.4 Å². The molecule has 0 unspecified atom stereocenters. The van der Waals surface area contributed by atoms with Gasteiger partial charge in [0.05, 0.1) is 17.4 Å². The van der Waals surface area contributed by atoms with Gasteiger partial charge in [0, 0.05) is 0 Å². The molecule has 25 heavy (non-hydrogen) atoms. The van der Waals surface area contributed by atoms with Crippen molar-refractivity contribution < 1.29 is 20.1 Å². The maximum atomic E-state index is 10.4. The zero-order valence-corrected chi connectivity index (χ0v) is 14.0. The van der Waals surface area contributed by atoms with Crippen molar-refractivity contribution in [2.24, 2.45) is 0 Å². The third kappa shape index (κ3) is 2.28. The van der Waals surface area contributed by atoms with Crippen molar-refractivity contribution in [2.75, 3.05) is 18.6 Å². The van der Waals surface area contributed by atoms with Crippen molar-refractivity contribution in [3.63, 3.8) is 0 Å². The quantitative estimate of drug-likeness (QED) is 0.346. The van der Waals surface area contributed by atoms with Crippen LogP contribution >= 0.6 is 11.8 Å². The van der Waals surface area contributed by atoms with Crippen LogP contribution in [0.5, 0.6) is 0 Å². The Morgan fingerprint density at radius 3 is 2.44 bits per heavy atom. The second-order valence-electron chi connectivity index (χ2n) is 5.64. The maximum Gasteiger partial charge on any atom is 0.166 e. The minimum absolute atomic E-state index is 0.255. The van der Waals surface area contributed by atoms with Crippen molar-refractivity contribution in [3.05, 3.63) is 12.7 Å². The highest BCUT2D eigenvalue weighted by Crippen LogP contribution is 2.39. The van der Waals surface area contributed by atoms with E-state index in [-0.39, 0.29) is 5.82 Å². The number of rotatable bonds is 3. The smallest absolute Gasteiger partial charge is 0.166 e. The molecule has 10 nitrogen and oxygen atoms in total. The number of hydrogen-bond donors (Lipinski definition) is 4. The first kappa shape index (κ1) is 16.4. The van der Waals surface area contributed by atoms with Crippen LogP contribution < -0.4 is 5.73 Å². The van der Waals surface area contributed by atoms with E-state index in [4.69, 9.17) is 10.5 Å². The van der Waals surface area contributed by atoms with Gasteiger partial charge in [-0.05, 0) is 6.26 Å². The van der Waals surface area contributed by atoms with Crippen LogP contribution in [-0.4, -0.2) is 71.0 Å². The third-order valence-electron chi connectivity index (χ3n) is 4.32. The summed E-state index contributed by atoms with van der Waals surface area (Å²) in [5.41, 5.74) is 6.92. The molecule has 5 N–H and O–H groups in total. The van der Waals surface area contributed by atoms with Crippen LogP contribution in [0.1, 0.15) is 6.23 Å². The average molecular weight is 364 g/mol. The Morgan fingerprint density at radius 2 is 1.80 bits per heavy atom. The zero-order chi connectivity index (χ0) is 17.7. The summed E-state index contributed by atoms with van der Waals surface area (Å²) in [5, 5.41) is 31.7. The van der Waals surface area contributed by atoms with Gasteiger partial charge in [-0.3, -0.25) is 4.57 Å². The zero-order valence-electron chi connectivity index (χ0n) is 13.1. The van der Waals surface area contributed by atoms with Crippen LogP contribution in [0.3, 0.4) is 0 Å². The second-order valence-corrected chi connectivity index (χ2v) is 6.43. The van der Waals surface area contributed by atoms with Gasteiger partial charge in [0.1, 0.15) is 53.1 Å². The first-order valence-corrected chi connectivity index (χ1v) is 8.72. The largest absolute Gasteiger partial charge is 0.394 e. The Kier molecular flexibility index (Phi) is 3.96. The van der Waals surface area contributed by atoms with Crippen LogP contribution in [-0.2, 0) is 4.74 Å². The number of anilines is 1. The number of nitrogens with zero attached hydrogens (tertiary/aromatic N) is 5. The molecule has 0 amide bonds. The average Bonchev–Trinajstić information content (AvgIpc) is 3.10. The predicted molar refractivity (Wildman–Crippen MR) is 89.8 cm³/mol. The number of aliphatic hydroxyl groups is 3. The molecule has 1 saturated heterocycles. The van der Waals surface area contributed by atoms with E-state index >= 15 is 0 Å². The Bertz CT molecular complexity index is 950. The van der Waals surface area contributed by atoms with Crippen molar-refractivity contribution >= 4 is 39.6 Å². The van der Waals surface area contributed by atoms with Crippen LogP contribution in [0.2, 0.25) is 0 Å². The number of hydrogen-bond acceptors (Lipinski definition) is 10. The second kappa shape index (κ2) is 6.04. The maximum absolute atomic E-state index is 10.4. The molecule has 3 aromatic heterocycles. The fourth-order valence-electron chi connectivity index (χ4n) is 3.16. The molecule has 0 aliphatic carbocycles. The van der Waals surface area contributed by atoms with Gasteiger partial charge in [0.25, 0.3) is 0 Å². The third-order valence-corrected chi connectivity index (χ3v) is 5.02. The van der Waals surface area contributed by atoms with Crippen molar-refractivity contribution in [1.82, 2.24) is 24.5 Å². The first-order valence-electron chi connectivity index (χ1n) is 7.50. The van der Waals surface area contributed by atoms with Crippen LogP contribution in [0, 0.1) is 0 Å². The van der Waals surface area contributed by atoms with E-state index in [9.17, 15) is 15.3 Å². The molecule has 0 bridgehead atoms. The summed E-state index contributed by atoms with van der Waals surface area (Å²) in [6, 6.07) is 0. The van der Waals surface area contributed by atoms with Gasteiger partial charge in [-0.15, -0.1) is 11.8 Å². The van der Waals surface area contributed by atoms with Gasteiger partial charge in [-0.2, -0.15) is 0 Å². The Morgan fingerprint density at radius 1 is 1.12 bits per heavy atom. The standard InChI is InChI=1S/C14H16N6O4S/c1-25-13-7-6-10(15)16-3-17-11(6)20(12(7)18-4-19-13)14-9(23)8(22)5(2-21)24-14/h3-5,8-9,14,21-23H,2H2,1H3,(H2,15,16,17)/t5-,8-,9-,14-/m1/s1. The summed E-state index contributed by atoms with van der Waals surface area (Å²) in [4.78, 5) is 16.9. The lowest BCUT2D eigenvalue weighted by molar-refractivity contribution is -0.0492. The number of fused-ring (bicyclic) bond motifs is 3. The molecule has 0 saturated carbocycles. The van der Waals surface area contributed by atoms with E-state index in [0.717, 1.165) is 0 Å². The molecule has 0 spiro atoms. The molecule has 132 valence electrons. The van der Waals surface area contributed by atoms with E-state index < -0.39 is 31.1 Å². The molecule has 0 radical (unpaired) electrons. The minimum Gasteiger partial charge on any atom is -0.394 e. The molecule has 11 heteroatoms. The van der Waals surface area contributed by atoms with Gasteiger partial charge in [-0.1, -0.05) is 0 Å². The molecule has 3 aromatic rings. The minimum atomic E-state index is -1.26. The SMILES string of the molecule is CSc1ncnc2c1c1c(N)ncnc1n2[C@@H]1O[C@H](CO)[C@@H](O)[C@H]1O. The van der Waals surface area contributed by atoms with E-state index in [1.54, 1.807) is 4.57 Å². The fourth-order valence-corrected chi connectivity index (χ4v) is 3.71. The monoisotopic (exact) mass is 364 g/mol. The van der Waals surface area contributed by atoms with Gasteiger partial charge >= 0.3 is 0 Å². The molecule has 1 aliphatic rings. The molecule has 4 atom stereocenters. The Labute approximate surface area is 145 Å². The molecule has 4 rings (SSSR count). The number of thioether (sulfide) groups is 1. The molecular formula is C14H16N6O4S. The predicted octanol–water partition coefficient (Wildman–Crippen LogP) is -0.710. The molecule has 1 fully saturated rings. The topological polar surface area (TPSA) is 152 Å². The summed E-state index contributed by atoms with van der Waals surface area (Å²) in [5.74, 6) is 0.255. The van der Waals surface area contributed by atoms with Crippen LogP contribution in [0.25, 0.3) is 22.1 Å². The van der Waals surface area contributed by atoms with E-state index in [2.05, 4.69) is 19.9 Å². The fraction of sp³-hybridized carbons (Fsp3) is 0.429. The highest BCUT2D eigenvalue weighted by molar-refractivity contribution is 7.98. The summed E-state index contributed by atoms with van der Waals surface area (Å²) in [6.45, 7) is -0.423. The lowest BCUT2D eigenvalue weighted by atomic mass is 10.1. The number of nitrogens with two attached hydrogens (primary N) is 1. The van der Waals surface area contributed by atoms with Crippen LogP contribution in [0.4, 0.5) is 5.82 Å². The molecule has 1 aliphatic heterocycles. The van der Waals surface area contributed by atoms with Gasteiger partial charge < -0.3 is 25.8 Å². The summed E-state index contributed by atoms with van der Waals surface area (Å²) in [6.07, 6.45) is 0.190. The van der Waals surface area contributed by atoms with Crippen molar-refractivity contribution in [1.29, 1.82) is 0 Å². The Hall–Kier alpha value is -2.05. The molecule has 0 aromatic carbocycles.